The lowest BCUT2D eigenvalue weighted by Gasteiger charge is -2.22. The summed E-state index contributed by atoms with van der Waals surface area (Å²) in [4.78, 5) is 19.1. The van der Waals surface area contributed by atoms with Gasteiger partial charge in [0.15, 0.2) is 0 Å². The smallest absolute Gasteiger partial charge is 0.221 e. The molecule has 0 aliphatic heterocycles. The molecule has 2 aromatic carbocycles. The van der Waals surface area contributed by atoms with Crippen molar-refractivity contribution < 1.29 is 9.53 Å². The fourth-order valence-corrected chi connectivity index (χ4v) is 4.92. The van der Waals surface area contributed by atoms with Crippen molar-refractivity contribution in [1.82, 2.24) is 15.2 Å². The number of benzene rings is 2. The lowest BCUT2D eigenvalue weighted by molar-refractivity contribution is -0.121. The van der Waals surface area contributed by atoms with Crippen LogP contribution >= 0.6 is 0 Å². The number of aromatic nitrogens is 1. The van der Waals surface area contributed by atoms with Gasteiger partial charge in [0.1, 0.15) is 5.75 Å². The minimum absolute atomic E-state index is 0.0761. The molecule has 3 rings (SSSR count). The highest BCUT2D eigenvalue weighted by Gasteiger charge is 2.25. The zero-order valence-corrected chi connectivity index (χ0v) is 21.5. The second-order valence-corrected chi connectivity index (χ2v) is 9.07. The molecule has 1 amide bonds. The van der Waals surface area contributed by atoms with E-state index in [9.17, 15) is 4.79 Å². The summed E-state index contributed by atoms with van der Waals surface area (Å²) in [5.41, 5.74) is 4.62. The molecule has 2 N–H and O–H groups in total. The normalized spacial score (nSPS) is 13.2. The van der Waals surface area contributed by atoms with Crippen LogP contribution in [0.15, 0.2) is 48.7 Å². The Morgan fingerprint density at radius 1 is 1.06 bits per heavy atom. The number of rotatable bonds is 13. The molecule has 3 aromatic rings. The topological polar surface area (TPSA) is 57.4 Å². The van der Waals surface area contributed by atoms with Gasteiger partial charge in [0.25, 0.3) is 0 Å². The summed E-state index contributed by atoms with van der Waals surface area (Å²) in [5, 5.41) is 4.43. The van der Waals surface area contributed by atoms with Crippen LogP contribution in [-0.4, -0.2) is 48.6 Å². The summed E-state index contributed by atoms with van der Waals surface area (Å²) in [6.07, 6.45) is 5.48. The van der Waals surface area contributed by atoms with E-state index >= 15 is 0 Å². The van der Waals surface area contributed by atoms with Crippen LogP contribution in [0.3, 0.4) is 0 Å². The molecule has 5 heteroatoms. The number of carbonyl (C=O) groups excluding carboxylic acids is 1. The van der Waals surface area contributed by atoms with Crippen molar-refractivity contribution in [2.45, 2.75) is 65.3 Å². The second-order valence-electron chi connectivity index (χ2n) is 9.07. The molecular weight excluding hydrogens is 422 g/mol. The van der Waals surface area contributed by atoms with Crippen LogP contribution in [0.1, 0.15) is 69.6 Å². The number of fused-ring (bicyclic) bond motifs is 1. The maximum absolute atomic E-state index is 13.2. The first-order chi connectivity index (χ1) is 16.5. The van der Waals surface area contributed by atoms with Crippen molar-refractivity contribution in [3.63, 3.8) is 0 Å². The molecule has 0 saturated heterocycles. The summed E-state index contributed by atoms with van der Waals surface area (Å²) >= 11 is 0. The third-order valence-corrected chi connectivity index (χ3v) is 6.91. The predicted octanol–water partition coefficient (Wildman–Crippen LogP) is 5.89. The Hall–Kier alpha value is -2.79. The Bertz CT molecular complexity index is 1050. The third-order valence-electron chi connectivity index (χ3n) is 6.91. The van der Waals surface area contributed by atoms with E-state index in [1.807, 2.05) is 18.2 Å². The molecule has 0 aliphatic rings. The van der Waals surface area contributed by atoms with Crippen LogP contribution in [0, 0.1) is 0 Å². The van der Waals surface area contributed by atoms with Crippen molar-refractivity contribution in [2.75, 3.05) is 26.7 Å². The van der Waals surface area contributed by atoms with Crippen LogP contribution in [0.25, 0.3) is 10.9 Å². The maximum atomic E-state index is 13.2. The predicted molar refractivity (Wildman–Crippen MR) is 142 cm³/mol. The summed E-state index contributed by atoms with van der Waals surface area (Å²) in [6.45, 7) is 11.9. The van der Waals surface area contributed by atoms with Gasteiger partial charge in [-0.3, -0.25) is 4.79 Å². The zero-order chi connectivity index (χ0) is 24.5. The molecule has 5 nitrogen and oxygen atoms in total. The Labute approximate surface area is 204 Å². The Balaban J connectivity index is 1.81. The minimum Gasteiger partial charge on any atom is -0.496 e. The largest absolute Gasteiger partial charge is 0.496 e. The molecule has 1 aromatic heterocycles. The van der Waals surface area contributed by atoms with Gasteiger partial charge in [0.2, 0.25) is 5.91 Å². The van der Waals surface area contributed by atoms with Crippen molar-refractivity contribution >= 4 is 16.8 Å². The number of ether oxygens (including phenoxy) is 1. The van der Waals surface area contributed by atoms with Gasteiger partial charge in [-0.2, -0.15) is 0 Å². The molecule has 0 aliphatic carbocycles. The maximum Gasteiger partial charge on any atom is 0.221 e. The average molecular weight is 464 g/mol. The third kappa shape index (κ3) is 6.20. The summed E-state index contributed by atoms with van der Waals surface area (Å²) in [5.74, 6) is 0.792. The lowest BCUT2D eigenvalue weighted by atomic mass is 9.87. The van der Waals surface area contributed by atoms with Gasteiger partial charge in [0, 0.05) is 41.0 Å². The van der Waals surface area contributed by atoms with Gasteiger partial charge in [-0.15, -0.1) is 0 Å². The van der Waals surface area contributed by atoms with Crippen LogP contribution in [0.5, 0.6) is 5.75 Å². The van der Waals surface area contributed by atoms with Crippen molar-refractivity contribution in [3.8, 4) is 5.75 Å². The van der Waals surface area contributed by atoms with Crippen LogP contribution in [0.2, 0.25) is 0 Å². The highest BCUT2D eigenvalue weighted by atomic mass is 16.5. The fourth-order valence-electron chi connectivity index (χ4n) is 4.92. The number of hydrogen-bond donors (Lipinski definition) is 2. The van der Waals surface area contributed by atoms with E-state index in [2.05, 4.69) is 73.4 Å². The van der Waals surface area contributed by atoms with Crippen LogP contribution in [0.4, 0.5) is 0 Å². The van der Waals surface area contributed by atoms with E-state index < -0.39 is 0 Å². The number of carbonyl (C=O) groups is 1. The first-order valence-electron chi connectivity index (χ1n) is 12.8. The molecular formula is C29H41N3O2. The number of H-pyrrole nitrogens is 1. The molecule has 34 heavy (non-hydrogen) atoms. The van der Waals surface area contributed by atoms with E-state index in [0.717, 1.165) is 61.3 Å². The lowest BCUT2D eigenvalue weighted by Crippen LogP contribution is -2.34. The van der Waals surface area contributed by atoms with Crippen molar-refractivity contribution in [3.05, 3.63) is 65.4 Å². The molecule has 0 saturated carbocycles. The molecule has 0 radical (unpaired) electrons. The van der Waals surface area contributed by atoms with E-state index in [4.69, 9.17) is 4.74 Å². The summed E-state index contributed by atoms with van der Waals surface area (Å²) in [7, 11) is 1.69. The van der Waals surface area contributed by atoms with Crippen LogP contribution < -0.4 is 10.1 Å². The SMILES string of the molecule is CCc1cccc2c([C@@H](CC(=O)N[C@@H](C)CCCN(CC)CC)c3ccccc3OC)c[nH]c12. The van der Waals surface area contributed by atoms with Crippen molar-refractivity contribution in [2.24, 2.45) is 0 Å². The van der Waals surface area contributed by atoms with Crippen LogP contribution in [-0.2, 0) is 11.2 Å². The first-order valence-corrected chi connectivity index (χ1v) is 12.8. The van der Waals surface area contributed by atoms with E-state index in [1.165, 1.54) is 10.9 Å². The first kappa shape index (κ1) is 25.8. The number of methoxy groups -OCH3 is 1. The molecule has 2 atom stereocenters. The number of aromatic amines is 1. The standard InChI is InChI=1S/C29H41N3O2/c1-6-22-14-11-16-24-26(20-30-29(22)24)25(23-15-9-10-17-27(23)34-5)19-28(33)31-21(4)13-12-18-32(7-2)8-3/h9-11,14-17,20-21,25,30H,6-8,12-13,18-19H2,1-5H3,(H,31,33)/t21-,25-/m0/s1. The molecule has 0 unspecified atom stereocenters. The van der Waals surface area contributed by atoms with E-state index in [1.54, 1.807) is 7.11 Å². The highest BCUT2D eigenvalue weighted by Crippen LogP contribution is 2.38. The molecule has 0 bridgehead atoms. The molecule has 1 heterocycles. The summed E-state index contributed by atoms with van der Waals surface area (Å²) < 4.78 is 5.69. The summed E-state index contributed by atoms with van der Waals surface area (Å²) in [6, 6.07) is 14.6. The molecule has 0 spiro atoms. The Kier molecular flexibility index (Phi) is 9.58. The number of nitrogens with one attached hydrogen (secondary N) is 2. The van der Waals surface area contributed by atoms with E-state index in [-0.39, 0.29) is 17.9 Å². The number of hydrogen-bond acceptors (Lipinski definition) is 3. The monoisotopic (exact) mass is 463 g/mol. The Morgan fingerprint density at radius 2 is 1.82 bits per heavy atom. The molecule has 0 fully saturated rings. The van der Waals surface area contributed by atoms with E-state index in [0.29, 0.717) is 6.42 Å². The minimum atomic E-state index is -0.0973. The fraction of sp³-hybridized carbons (Fsp3) is 0.483. The average Bonchev–Trinajstić information content (AvgIpc) is 3.29. The molecule has 184 valence electrons. The number of nitrogens with zero attached hydrogens (tertiary/aromatic N) is 1. The van der Waals surface area contributed by atoms with Gasteiger partial charge in [-0.05, 0) is 63.0 Å². The number of amides is 1. The van der Waals surface area contributed by atoms with Gasteiger partial charge >= 0.3 is 0 Å². The van der Waals surface area contributed by atoms with Gasteiger partial charge in [0.05, 0.1) is 7.11 Å². The Morgan fingerprint density at radius 3 is 2.53 bits per heavy atom. The van der Waals surface area contributed by atoms with Gasteiger partial charge < -0.3 is 19.9 Å². The van der Waals surface area contributed by atoms with Crippen molar-refractivity contribution in [1.29, 1.82) is 0 Å². The number of aryl methyl sites for hydroxylation is 1. The second kappa shape index (κ2) is 12.6. The quantitative estimate of drug-likeness (QED) is 0.332. The van der Waals surface area contributed by atoms with Gasteiger partial charge in [-0.25, -0.2) is 0 Å². The number of para-hydroxylation sites is 2. The highest BCUT2D eigenvalue weighted by molar-refractivity contribution is 5.88. The van der Waals surface area contributed by atoms with Gasteiger partial charge in [-0.1, -0.05) is 57.2 Å². The zero-order valence-electron chi connectivity index (χ0n) is 21.5.